The van der Waals surface area contributed by atoms with Crippen molar-refractivity contribution in [1.82, 2.24) is 24.9 Å². The molecule has 1 N–H and O–H groups in total. The van der Waals surface area contributed by atoms with Crippen LogP contribution < -0.4 is 5.32 Å². The Morgan fingerprint density at radius 2 is 2.30 bits per heavy atom. The Kier molecular flexibility index (Phi) is 3.38. The molecule has 1 aliphatic carbocycles. The van der Waals surface area contributed by atoms with Gasteiger partial charge in [0.15, 0.2) is 0 Å². The molecule has 20 heavy (non-hydrogen) atoms. The van der Waals surface area contributed by atoms with E-state index in [-0.39, 0.29) is 17.8 Å². The fourth-order valence-electron chi connectivity index (χ4n) is 2.82. The Bertz CT molecular complexity index is 636. The molecular weight excluding hydrogens is 254 g/mol. The molecule has 1 fully saturated rings. The first-order valence-electron chi connectivity index (χ1n) is 7.12. The summed E-state index contributed by atoms with van der Waals surface area (Å²) >= 11 is 0. The third-order valence-corrected chi connectivity index (χ3v) is 3.90. The van der Waals surface area contributed by atoms with Crippen LogP contribution >= 0.6 is 0 Å². The van der Waals surface area contributed by atoms with Crippen molar-refractivity contribution in [2.24, 2.45) is 5.92 Å². The van der Waals surface area contributed by atoms with Crippen LogP contribution in [0.1, 0.15) is 48.9 Å². The lowest BCUT2D eigenvalue weighted by Gasteiger charge is -2.26. The van der Waals surface area contributed by atoms with Gasteiger partial charge >= 0.3 is 0 Å². The van der Waals surface area contributed by atoms with Crippen LogP contribution in [0.15, 0.2) is 12.3 Å². The molecule has 2 heterocycles. The number of nitrogens with zero attached hydrogens (tertiary/aromatic N) is 4. The van der Waals surface area contributed by atoms with Crippen molar-refractivity contribution in [3.63, 3.8) is 0 Å². The quantitative estimate of drug-likeness (QED) is 0.904. The number of carbonyl (C=O) groups excluding carboxylic acids is 1. The average Bonchev–Trinajstić information content (AvgIpc) is 2.84. The summed E-state index contributed by atoms with van der Waals surface area (Å²) in [5.41, 5.74) is 0.910. The van der Waals surface area contributed by atoms with E-state index in [1.165, 1.54) is 12.8 Å². The molecule has 3 rings (SSSR count). The van der Waals surface area contributed by atoms with Gasteiger partial charge in [-0.3, -0.25) is 4.79 Å². The molecule has 6 heteroatoms. The van der Waals surface area contributed by atoms with E-state index >= 15 is 0 Å². The summed E-state index contributed by atoms with van der Waals surface area (Å²) in [6.07, 6.45) is 6.18. The summed E-state index contributed by atoms with van der Waals surface area (Å²) in [6, 6.07) is 2.08. The lowest BCUT2D eigenvalue weighted by Crippen LogP contribution is -2.38. The van der Waals surface area contributed by atoms with Gasteiger partial charge in [0.1, 0.15) is 0 Å². The van der Waals surface area contributed by atoms with Crippen molar-refractivity contribution in [1.29, 1.82) is 0 Å². The van der Waals surface area contributed by atoms with Crippen LogP contribution in [0.25, 0.3) is 5.78 Å². The van der Waals surface area contributed by atoms with Crippen LogP contribution in [-0.4, -0.2) is 31.5 Å². The fourth-order valence-corrected chi connectivity index (χ4v) is 2.82. The number of aromatic nitrogens is 4. The summed E-state index contributed by atoms with van der Waals surface area (Å²) in [5.74, 6) is 1.14. The number of hydrogen-bond donors (Lipinski definition) is 1. The monoisotopic (exact) mass is 273 g/mol. The van der Waals surface area contributed by atoms with Gasteiger partial charge < -0.3 is 5.32 Å². The summed E-state index contributed by atoms with van der Waals surface area (Å²) in [6.45, 7) is 4.14. The molecule has 0 aliphatic heterocycles. The Morgan fingerprint density at radius 1 is 1.45 bits per heavy atom. The van der Waals surface area contributed by atoms with E-state index in [0.717, 1.165) is 18.5 Å². The maximum atomic E-state index is 12.2. The van der Waals surface area contributed by atoms with Crippen LogP contribution in [0.5, 0.6) is 0 Å². The van der Waals surface area contributed by atoms with Gasteiger partial charge in [0, 0.05) is 17.9 Å². The number of amides is 1. The Hall–Kier alpha value is -1.98. The highest BCUT2D eigenvalue weighted by Gasteiger charge is 2.23. The van der Waals surface area contributed by atoms with Crippen LogP contribution in [0.3, 0.4) is 0 Å². The van der Waals surface area contributed by atoms with Crippen molar-refractivity contribution < 1.29 is 4.79 Å². The van der Waals surface area contributed by atoms with Gasteiger partial charge in [0.25, 0.3) is 11.7 Å². The largest absolute Gasteiger partial charge is 0.347 e. The van der Waals surface area contributed by atoms with Gasteiger partial charge in [0.2, 0.25) is 5.82 Å². The molecule has 6 nitrogen and oxygen atoms in total. The van der Waals surface area contributed by atoms with Crippen LogP contribution in [0, 0.1) is 12.8 Å². The standard InChI is InChI=1S/C14H19N5O/c1-9-4-3-5-11(8-9)16-13(20)12-17-14-15-7-6-10(2)19(14)18-12/h6-7,9,11H,3-5,8H2,1-2H3,(H,16,20). The lowest BCUT2D eigenvalue weighted by molar-refractivity contribution is 0.0911. The zero-order valence-electron chi connectivity index (χ0n) is 11.8. The second-order valence-corrected chi connectivity index (χ2v) is 5.68. The summed E-state index contributed by atoms with van der Waals surface area (Å²) in [4.78, 5) is 20.5. The van der Waals surface area contributed by atoms with Gasteiger partial charge in [-0.15, -0.1) is 5.10 Å². The van der Waals surface area contributed by atoms with Gasteiger partial charge in [-0.25, -0.2) is 9.50 Å². The van der Waals surface area contributed by atoms with Crippen molar-refractivity contribution in [3.05, 3.63) is 23.8 Å². The summed E-state index contributed by atoms with van der Waals surface area (Å²) in [7, 11) is 0. The molecule has 2 unspecified atom stereocenters. The summed E-state index contributed by atoms with van der Waals surface area (Å²) in [5, 5.41) is 7.27. The predicted molar refractivity (Wildman–Crippen MR) is 74.4 cm³/mol. The Morgan fingerprint density at radius 3 is 3.05 bits per heavy atom. The van der Waals surface area contributed by atoms with Crippen molar-refractivity contribution in [2.75, 3.05) is 0 Å². The molecule has 2 aromatic heterocycles. The first kappa shape index (κ1) is 13.0. The van der Waals surface area contributed by atoms with E-state index in [1.54, 1.807) is 10.7 Å². The van der Waals surface area contributed by atoms with Gasteiger partial charge in [-0.2, -0.15) is 4.98 Å². The number of aryl methyl sites for hydroxylation is 1. The minimum Gasteiger partial charge on any atom is -0.347 e. The first-order valence-corrected chi connectivity index (χ1v) is 7.12. The van der Waals surface area contributed by atoms with Crippen molar-refractivity contribution in [2.45, 2.75) is 45.6 Å². The van der Waals surface area contributed by atoms with Crippen molar-refractivity contribution >= 4 is 11.7 Å². The van der Waals surface area contributed by atoms with E-state index in [2.05, 4.69) is 27.3 Å². The number of fused-ring (bicyclic) bond motifs is 1. The van der Waals surface area contributed by atoms with Crippen LogP contribution in [-0.2, 0) is 0 Å². The van der Waals surface area contributed by atoms with Gasteiger partial charge in [-0.05, 0) is 31.7 Å². The van der Waals surface area contributed by atoms with E-state index < -0.39 is 0 Å². The van der Waals surface area contributed by atoms with Gasteiger partial charge in [-0.1, -0.05) is 19.8 Å². The first-order chi connectivity index (χ1) is 9.63. The Balaban J connectivity index is 1.77. The number of hydrogen-bond acceptors (Lipinski definition) is 4. The highest BCUT2D eigenvalue weighted by molar-refractivity contribution is 5.91. The normalized spacial score (nSPS) is 22.9. The molecule has 0 saturated heterocycles. The fraction of sp³-hybridized carbons (Fsp3) is 0.571. The maximum absolute atomic E-state index is 12.2. The topological polar surface area (TPSA) is 72.2 Å². The minimum atomic E-state index is -0.200. The predicted octanol–water partition coefficient (Wildman–Crippen LogP) is 1.74. The molecule has 1 amide bonds. The molecule has 0 aromatic carbocycles. The minimum absolute atomic E-state index is 0.199. The maximum Gasteiger partial charge on any atom is 0.291 e. The second kappa shape index (κ2) is 5.19. The van der Waals surface area contributed by atoms with Gasteiger partial charge in [0.05, 0.1) is 0 Å². The smallest absolute Gasteiger partial charge is 0.291 e. The summed E-state index contributed by atoms with van der Waals surface area (Å²) < 4.78 is 1.60. The molecule has 2 aromatic rings. The molecular formula is C14H19N5O. The number of rotatable bonds is 2. The van der Waals surface area contributed by atoms with E-state index in [0.29, 0.717) is 11.7 Å². The second-order valence-electron chi connectivity index (χ2n) is 5.68. The molecule has 2 atom stereocenters. The average molecular weight is 273 g/mol. The molecule has 1 saturated carbocycles. The van der Waals surface area contributed by atoms with Crippen LogP contribution in [0.2, 0.25) is 0 Å². The zero-order valence-corrected chi connectivity index (χ0v) is 11.8. The van der Waals surface area contributed by atoms with E-state index in [1.807, 2.05) is 13.0 Å². The number of nitrogens with one attached hydrogen (secondary N) is 1. The van der Waals surface area contributed by atoms with E-state index in [9.17, 15) is 4.79 Å². The zero-order chi connectivity index (χ0) is 14.1. The third-order valence-electron chi connectivity index (χ3n) is 3.90. The van der Waals surface area contributed by atoms with E-state index in [4.69, 9.17) is 0 Å². The molecule has 106 valence electrons. The van der Waals surface area contributed by atoms with Crippen LogP contribution in [0.4, 0.5) is 0 Å². The van der Waals surface area contributed by atoms with Crippen molar-refractivity contribution in [3.8, 4) is 0 Å². The third kappa shape index (κ3) is 2.50. The molecule has 0 radical (unpaired) electrons. The molecule has 0 bridgehead atoms. The highest BCUT2D eigenvalue weighted by Crippen LogP contribution is 2.23. The Labute approximate surface area is 117 Å². The SMILES string of the molecule is Cc1ccnc2nc(C(=O)NC3CCCC(C)C3)nn12. The molecule has 1 aliphatic rings. The number of carbonyl (C=O) groups is 1. The highest BCUT2D eigenvalue weighted by atomic mass is 16.2. The molecule has 0 spiro atoms. The lowest BCUT2D eigenvalue weighted by atomic mass is 9.87.